The number of ether oxygens (including phenoxy) is 1. The van der Waals surface area contributed by atoms with E-state index in [1.807, 2.05) is 0 Å². The van der Waals surface area contributed by atoms with Crippen LogP contribution in [0.2, 0.25) is 0 Å². The number of halogens is 1. The highest BCUT2D eigenvalue weighted by atomic mass is 79.9. The zero-order valence-electron chi connectivity index (χ0n) is 14.8. The maximum Gasteiger partial charge on any atom is 0.271 e. The maximum atomic E-state index is 12.1. The number of carbonyl (C=O) groups excluding carboxylic acids is 1. The van der Waals surface area contributed by atoms with Crippen LogP contribution in [0.4, 0.5) is 5.69 Å². The van der Waals surface area contributed by atoms with E-state index in [4.69, 9.17) is 4.74 Å². The summed E-state index contributed by atoms with van der Waals surface area (Å²) in [5.74, 6) is -0.217. The summed E-state index contributed by atoms with van der Waals surface area (Å²) in [5, 5.41) is 13.6. The first-order valence-electron chi connectivity index (χ1n) is 7.57. The van der Waals surface area contributed by atoms with Gasteiger partial charge in [0.05, 0.1) is 29.7 Å². The molecule has 0 saturated carbocycles. The molecule has 144 valence electrons. The number of phenolic OH excluding ortho intramolecular Hbond substituents is 1. The number of carbonyl (C=O) groups is 1. The predicted octanol–water partition coefficient (Wildman–Crippen LogP) is 2.32. The van der Waals surface area contributed by atoms with Gasteiger partial charge in [-0.3, -0.25) is 9.10 Å². The molecule has 2 N–H and O–H groups in total. The quantitative estimate of drug-likeness (QED) is 0.513. The number of sulfonamides is 1. The van der Waals surface area contributed by atoms with Crippen LogP contribution in [0.25, 0.3) is 0 Å². The Morgan fingerprint density at radius 2 is 1.93 bits per heavy atom. The third-order valence-corrected chi connectivity index (χ3v) is 5.45. The van der Waals surface area contributed by atoms with Gasteiger partial charge in [-0.15, -0.1) is 0 Å². The van der Waals surface area contributed by atoms with Crippen molar-refractivity contribution in [1.82, 2.24) is 5.43 Å². The molecule has 0 aliphatic rings. The molecule has 0 unspecified atom stereocenters. The van der Waals surface area contributed by atoms with Gasteiger partial charge in [-0.1, -0.05) is 0 Å². The first-order valence-corrected chi connectivity index (χ1v) is 10.2. The van der Waals surface area contributed by atoms with Crippen LogP contribution in [-0.2, 0) is 10.0 Å². The van der Waals surface area contributed by atoms with Crippen LogP contribution >= 0.6 is 15.9 Å². The van der Waals surface area contributed by atoms with Crippen molar-refractivity contribution < 1.29 is 23.1 Å². The molecular formula is C17H18BrN3O5S. The van der Waals surface area contributed by atoms with Crippen molar-refractivity contribution in [2.24, 2.45) is 5.10 Å². The van der Waals surface area contributed by atoms with Crippen LogP contribution in [-0.4, -0.2) is 46.1 Å². The van der Waals surface area contributed by atoms with E-state index in [0.717, 1.165) is 10.6 Å². The Labute approximate surface area is 165 Å². The average molecular weight is 456 g/mol. The smallest absolute Gasteiger partial charge is 0.271 e. The van der Waals surface area contributed by atoms with Crippen molar-refractivity contribution in [2.75, 3.05) is 24.7 Å². The van der Waals surface area contributed by atoms with Gasteiger partial charge in [0.25, 0.3) is 5.91 Å². The number of methoxy groups -OCH3 is 1. The summed E-state index contributed by atoms with van der Waals surface area (Å²) >= 11 is 3.20. The van der Waals surface area contributed by atoms with Gasteiger partial charge in [0.2, 0.25) is 10.0 Å². The van der Waals surface area contributed by atoms with Crippen LogP contribution in [0.5, 0.6) is 11.5 Å². The summed E-state index contributed by atoms with van der Waals surface area (Å²) < 4.78 is 29.6. The van der Waals surface area contributed by atoms with Gasteiger partial charge in [0.1, 0.15) is 0 Å². The topological polar surface area (TPSA) is 108 Å². The van der Waals surface area contributed by atoms with Crippen molar-refractivity contribution >= 4 is 43.8 Å². The number of aromatic hydroxyl groups is 1. The lowest BCUT2D eigenvalue weighted by Crippen LogP contribution is -2.25. The largest absolute Gasteiger partial charge is 0.503 e. The first kappa shape index (κ1) is 20.7. The number of hydrogen-bond donors (Lipinski definition) is 2. The Balaban J connectivity index is 2.08. The van der Waals surface area contributed by atoms with Gasteiger partial charge in [-0.05, 0) is 57.9 Å². The molecule has 0 aliphatic heterocycles. The van der Waals surface area contributed by atoms with Crippen molar-refractivity contribution in [3.05, 3.63) is 52.0 Å². The molecule has 27 heavy (non-hydrogen) atoms. The third-order valence-electron chi connectivity index (χ3n) is 3.64. The van der Waals surface area contributed by atoms with Crippen LogP contribution in [0, 0.1) is 0 Å². The minimum atomic E-state index is -3.37. The SMILES string of the molecule is COc1cc(/C=N\NC(=O)c2ccc(N(C)S(C)(=O)=O)cc2)cc(Br)c1O. The van der Waals surface area contributed by atoms with Gasteiger partial charge < -0.3 is 9.84 Å². The van der Waals surface area contributed by atoms with Gasteiger partial charge in [-0.2, -0.15) is 5.10 Å². The molecule has 2 aromatic rings. The molecular weight excluding hydrogens is 438 g/mol. The monoisotopic (exact) mass is 455 g/mol. The van der Waals surface area contributed by atoms with E-state index in [9.17, 15) is 18.3 Å². The summed E-state index contributed by atoms with van der Waals surface area (Å²) in [7, 11) is -0.514. The van der Waals surface area contributed by atoms with E-state index in [-0.39, 0.29) is 11.5 Å². The predicted molar refractivity (Wildman–Crippen MR) is 107 cm³/mol. The molecule has 10 heteroatoms. The van der Waals surface area contributed by atoms with Crippen LogP contribution in [0.1, 0.15) is 15.9 Å². The Morgan fingerprint density at radius 1 is 1.30 bits per heavy atom. The molecule has 0 aromatic heterocycles. The number of benzene rings is 2. The molecule has 2 rings (SSSR count). The van der Waals surface area contributed by atoms with Crippen LogP contribution < -0.4 is 14.5 Å². The Bertz CT molecular complexity index is 975. The van der Waals surface area contributed by atoms with Gasteiger partial charge in [0, 0.05) is 12.6 Å². The summed E-state index contributed by atoms with van der Waals surface area (Å²) in [4.78, 5) is 12.1. The lowest BCUT2D eigenvalue weighted by atomic mass is 10.2. The molecule has 2 aromatic carbocycles. The lowest BCUT2D eigenvalue weighted by Gasteiger charge is -2.16. The fourth-order valence-corrected chi connectivity index (χ4v) is 3.03. The highest BCUT2D eigenvalue weighted by Crippen LogP contribution is 2.34. The van der Waals surface area contributed by atoms with Gasteiger partial charge >= 0.3 is 0 Å². The van der Waals surface area contributed by atoms with E-state index in [0.29, 0.717) is 21.3 Å². The number of phenols is 1. The van der Waals surface area contributed by atoms with Crippen molar-refractivity contribution in [3.8, 4) is 11.5 Å². The molecule has 0 spiro atoms. The molecule has 1 amide bonds. The second-order valence-electron chi connectivity index (χ2n) is 5.53. The molecule has 0 saturated heterocycles. The van der Waals surface area contributed by atoms with Crippen molar-refractivity contribution in [3.63, 3.8) is 0 Å². The van der Waals surface area contributed by atoms with E-state index in [2.05, 4.69) is 26.5 Å². The average Bonchev–Trinajstić information content (AvgIpc) is 2.63. The molecule has 0 aliphatic carbocycles. The molecule has 0 radical (unpaired) electrons. The summed E-state index contributed by atoms with van der Waals surface area (Å²) in [6.45, 7) is 0. The zero-order valence-corrected chi connectivity index (χ0v) is 17.2. The minimum Gasteiger partial charge on any atom is -0.503 e. The number of anilines is 1. The van der Waals surface area contributed by atoms with E-state index >= 15 is 0 Å². The van der Waals surface area contributed by atoms with Crippen molar-refractivity contribution in [1.29, 1.82) is 0 Å². The second-order valence-corrected chi connectivity index (χ2v) is 8.40. The van der Waals surface area contributed by atoms with Gasteiger partial charge in [0.15, 0.2) is 11.5 Å². The number of hydrazone groups is 1. The fraction of sp³-hybridized carbons (Fsp3) is 0.176. The van der Waals surface area contributed by atoms with Crippen molar-refractivity contribution in [2.45, 2.75) is 0 Å². The molecule has 0 fully saturated rings. The first-order chi connectivity index (χ1) is 12.6. The number of hydrogen-bond acceptors (Lipinski definition) is 6. The Morgan fingerprint density at radius 3 is 2.48 bits per heavy atom. The highest BCUT2D eigenvalue weighted by Gasteiger charge is 2.13. The summed E-state index contributed by atoms with van der Waals surface area (Å²) in [6, 6.07) is 9.24. The second kappa shape index (κ2) is 8.40. The van der Waals surface area contributed by atoms with Crippen LogP contribution in [0.3, 0.4) is 0 Å². The summed E-state index contributed by atoms with van der Waals surface area (Å²) in [5.41, 5.74) is 3.74. The zero-order chi connectivity index (χ0) is 20.2. The van der Waals surface area contributed by atoms with E-state index in [1.54, 1.807) is 12.1 Å². The van der Waals surface area contributed by atoms with E-state index in [1.165, 1.54) is 44.6 Å². The van der Waals surface area contributed by atoms with Gasteiger partial charge in [-0.25, -0.2) is 13.8 Å². The molecule has 8 nitrogen and oxygen atoms in total. The number of nitrogens with zero attached hydrogens (tertiary/aromatic N) is 2. The highest BCUT2D eigenvalue weighted by molar-refractivity contribution is 9.10. The standard InChI is InChI=1S/C17H18BrN3O5S/c1-21(27(3,24)25)13-6-4-12(5-7-13)17(23)20-19-10-11-8-14(18)16(22)15(9-11)26-2/h4-10,22H,1-3H3,(H,20,23)/b19-10-. The molecule has 0 atom stereocenters. The summed E-state index contributed by atoms with van der Waals surface area (Å²) in [6.07, 6.45) is 2.50. The lowest BCUT2D eigenvalue weighted by molar-refractivity contribution is 0.0955. The normalized spacial score (nSPS) is 11.4. The third kappa shape index (κ3) is 5.20. The number of nitrogens with one attached hydrogen (secondary N) is 1. The Hall–Kier alpha value is -2.59. The minimum absolute atomic E-state index is 0.0298. The number of rotatable bonds is 6. The van der Waals surface area contributed by atoms with Crippen LogP contribution in [0.15, 0.2) is 46.0 Å². The molecule has 0 bridgehead atoms. The fourth-order valence-electron chi connectivity index (χ4n) is 2.07. The molecule has 0 heterocycles. The van der Waals surface area contributed by atoms with E-state index < -0.39 is 15.9 Å². The maximum absolute atomic E-state index is 12.1. The Kier molecular flexibility index (Phi) is 6.45. The number of amides is 1.